The molecular formula is C23H23N3O5S. The molecule has 1 atom stereocenters. The van der Waals surface area contributed by atoms with Crippen molar-refractivity contribution in [1.82, 2.24) is 15.1 Å². The molecule has 0 spiro atoms. The number of sulfone groups is 1. The molecule has 2 aliphatic rings. The quantitative estimate of drug-likeness (QED) is 0.638. The summed E-state index contributed by atoms with van der Waals surface area (Å²) in [4.78, 5) is 12.9. The highest BCUT2D eigenvalue weighted by Crippen LogP contribution is 2.33. The highest BCUT2D eigenvalue weighted by molar-refractivity contribution is 7.91. The fourth-order valence-corrected chi connectivity index (χ4v) is 5.71. The number of carbonyl (C=O) groups excluding carboxylic acids is 1. The van der Waals surface area contributed by atoms with Gasteiger partial charge in [-0.3, -0.25) is 9.48 Å². The fraction of sp³-hybridized carbons (Fsp3) is 0.304. The lowest BCUT2D eigenvalue weighted by Crippen LogP contribution is -2.24. The van der Waals surface area contributed by atoms with E-state index in [0.717, 1.165) is 22.4 Å². The summed E-state index contributed by atoms with van der Waals surface area (Å²) in [5, 5.41) is 7.41. The topological polar surface area (TPSA) is 99.5 Å². The number of hydrogen-bond acceptors (Lipinski definition) is 6. The molecule has 3 aromatic rings. The Morgan fingerprint density at radius 1 is 1.12 bits per heavy atom. The third-order valence-corrected chi connectivity index (χ3v) is 7.51. The molecule has 8 nitrogen and oxygen atoms in total. The summed E-state index contributed by atoms with van der Waals surface area (Å²) in [7, 11) is -3.10. The van der Waals surface area contributed by atoms with Gasteiger partial charge in [0.2, 0.25) is 6.79 Å². The van der Waals surface area contributed by atoms with E-state index in [1.54, 1.807) is 10.7 Å². The van der Waals surface area contributed by atoms with Gasteiger partial charge in [-0.1, -0.05) is 35.9 Å². The van der Waals surface area contributed by atoms with Crippen molar-refractivity contribution in [2.24, 2.45) is 0 Å². The number of aryl methyl sites for hydroxylation is 1. The van der Waals surface area contributed by atoms with Crippen molar-refractivity contribution in [2.75, 3.05) is 18.3 Å². The van der Waals surface area contributed by atoms with Crippen molar-refractivity contribution in [2.45, 2.75) is 25.9 Å². The van der Waals surface area contributed by atoms with Crippen molar-refractivity contribution in [1.29, 1.82) is 0 Å². The lowest BCUT2D eigenvalue weighted by atomic mass is 10.1. The molecule has 2 aliphatic heterocycles. The summed E-state index contributed by atoms with van der Waals surface area (Å²) in [5.74, 6) is 1.19. The van der Waals surface area contributed by atoms with E-state index in [0.29, 0.717) is 24.5 Å². The Hall–Kier alpha value is -3.33. The van der Waals surface area contributed by atoms with Crippen LogP contribution in [0, 0.1) is 6.92 Å². The number of nitrogens with zero attached hydrogens (tertiary/aromatic N) is 2. The predicted molar refractivity (Wildman–Crippen MR) is 118 cm³/mol. The Morgan fingerprint density at radius 2 is 1.91 bits per heavy atom. The predicted octanol–water partition coefficient (Wildman–Crippen LogP) is 2.88. The minimum absolute atomic E-state index is 0.0335. The van der Waals surface area contributed by atoms with E-state index in [4.69, 9.17) is 9.47 Å². The van der Waals surface area contributed by atoms with Crippen molar-refractivity contribution >= 4 is 15.7 Å². The van der Waals surface area contributed by atoms with Crippen molar-refractivity contribution in [3.63, 3.8) is 0 Å². The summed E-state index contributed by atoms with van der Waals surface area (Å²) in [6, 6.07) is 14.8. The van der Waals surface area contributed by atoms with Crippen LogP contribution in [0.2, 0.25) is 0 Å². The van der Waals surface area contributed by atoms with Gasteiger partial charge in [0, 0.05) is 6.54 Å². The first kappa shape index (κ1) is 20.6. The highest BCUT2D eigenvalue weighted by Gasteiger charge is 2.32. The molecule has 1 fully saturated rings. The Labute approximate surface area is 186 Å². The van der Waals surface area contributed by atoms with Gasteiger partial charge < -0.3 is 14.8 Å². The van der Waals surface area contributed by atoms with Gasteiger partial charge in [0.15, 0.2) is 27.0 Å². The standard InChI is InChI=1S/C23H23N3O5S/c1-15-2-5-17(6-3-15)20-11-19(25-26(20)18-8-9-32(28,29)13-18)23(27)24-12-16-4-7-21-22(10-16)31-14-30-21/h2-7,10-11,18H,8-9,12-14H2,1H3,(H,24,27). The van der Waals surface area contributed by atoms with Gasteiger partial charge in [-0.2, -0.15) is 5.10 Å². The highest BCUT2D eigenvalue weighted by atomic mass is 32.2. The van der Waals surface area contributed by atoms with E-state index >= 15 is 0 Å². The van der Waals surface area contributed by atoms with E-state index in [2.05, 4.69) is 10.4 Å². The number of rotatable bonds is 5. The maximum Gasteiger partial charge on any atom is 0.272 e. The molecule has 9 heteroatoms. The van der Waals surface area contributed by atoms with Crippen LogP contribution in [0.4, 0.5) is 0 Å². The maximum absolute atomic E-state index is 12.9. The molecule has 2 aromatic carbocycles. The molecule has 1 saturated heterocycles. The van der Waals surface area contributed by atoms with Crippen molar-refractivity contribution in [3.05, 3.63) is 65.4 Å². The normalized spacial score (nSPS) is 18.6. The van der Waals surface area contributed by atoms with Gasteiger partial charge >= 0.3 is 0 Å². The number of nitrogens with one attached hydrogen (secondary N) is 1. The van der Waals surface area contributed by atoms with Gasteiger partial charge in [0.1, 0.15) is 0 Å². The second kappa shape index (κ2) is 7.98. The number of fused-ring (bicyclic) bond motifs is 1. The molecule has 32 heavy (non-hydrogen) atoms. The Balaban J connectivity index is 1.40. The van der Waals surface area contributed by atoms with Crippen LogP contribution >= 0.6 is 0 Å². The zero-order valence-corrected chi connectivity index (χ0v) is 18.4. The summed E-state index contributed by atoms with van der Waals surface area (Å²) >= 11 is 0. The van der Waals surface area contributed by atoms with E-state index in [-0.39, 0.29) is 35.9 Å². The zero-order chi connectivity index (χ0) is 22.3. The maximum atomic E-state index is 12.9. The summed E-state index contributed by atoms with van der Waals surface area (Å²) < 4.78 is 36.5. The monoisotopic (exact) mass is 453 g/mol. The first-order valence-electron chi connectivity index (χ1n) is 10.4. The first-order valence-corrected chi connectivity index (χ1v) is 12.2. The number of aromatic nitrogens is 2. The minimum Gasteiger partial charge on any atom is -0.454 e. The SMILES string of the molecule is Cc1ccc(-c2cc(C(=O)NCc3ccc4c(c3)OCO4)nn2C2CCS(=O)(=O)C2)cc1. The second-order valence-electron chi connectivity index (χ2n) is 8.15. The summed E-state index contributed by atoms with van der Waals surface area (Å²) in [6.45, 7) is 2.50. The number of ether oxygens (including phenoxy) is 2. The van der Waals surface area contributed by atoms with Crippen LogP contribution < -0.4 is 14.8 Å². The zero-order valence-electron chi connectivity index (χ0n) is 17.6. The van der Waals surface area contributed by atoms with Gasteiger partial charge in [-0.15, -0.1) is 0 Å². The van der Waals surface area contributed by atoms with Crippen LogP contribution in [-0.2, 0) is 16.4 Å². The molecule has 3 heterocycles. The van der Waals surface area contributed by atoms with E-state index in [1.165, 1.54) is 0 Å². The fourth-order valence-electron chi connectivity index (χ4n) is 4.02. The lowest BCUT2D eigenvalue weighted by molar-refractivity contribution is 0.0944. The number of benzene rings is 2. The average molecular weight is 454 g/mol. The molecule has 1 aromatic heterocycles. The molecule has 1 amide bonds. The van der Waals surface area contributed by atoms with Crippen LogP contribution in [0.5, 0.6) is 11.5 Å². The molecular weight excluding hydrogens is 430 g/mol. The number of carbonyl (C=O) groups is 1. The van der Waals surface area contributed by atoms with Crippen molar-refractivity contribution in [3.8, 4) is 22.8 Å². The van der Waals surface area contributed by atoms with Gasteiger partial charge in [-0.05, 0) is 42.7 Å². The number of amides is 1. The van der Waals surface area contributed by atoms with E-state index in [9.17, 15) is 13.2 Å². The van der Waals surface area contributed by atoms with Crippen LogP contribution in [0.15, 0.2) is 48.5 Å². The third kappa shape index (κ3) is 4.08. The minimum atomic E-state index is -3.10. The smallest absolute Gasteiger partial charge is 0.272 e. The van der Waals surface area contributed by atoms with Crippen molar-refractivity contribution < 1.29 is 22.7 Å². The van der Waals surface area contributed by atoms with E-state index < -0.39 is 9.84 Å². The Bertz CT molecular complexity index is 1280. The lowest BCUT2D eigenvalue weighted by Gasteiger charge is -2.13. The second-order valence-corrected chi connectivity index (χ2v) is 10.4. The largest absolute Gasteiger partial charge is 0.454 e. The molecule has 166 valence electrons. The van der Waals surface area contributed by atoms with Crippen LogP contribution in [0.3, 0.4) is 0 Å². The molecule has 0 aliphatic carbocycles. The van der Waals surface area contributed by atoms with Crippen LogP contribution in [0.1, 0.15) is 34.1 Å². The first-order chi connectivity index (χ1) is 15.4. The van der Waals surface area contributed by atoms with Gasteiger partial charge in [0.05, 0.1) is 23.2 Å². The summed E-state index contributed by atoms with van der Waals surface area (Å²) in [5.41, 5.74) is 3.88. The molecule has 0 saturated carbocycles. The molecule has 5 rings (SSSR count). The molecule has 0 radical (unpaired) electrons. The third-order valence-electron chi connectivity index (χ3n) is 5.76. The van der Waals surface area contributed by atoms with Gasteiger partial charge in [-0.25, -0.2) is 8.42 Å². The van der Waals surface area contributed by atoms with Gasteiger partial charge in [0.25, 0.3) is 5.91 Å². The number of hydrogen-bond donors (Lipinski definition) is 1. The van der Waals surface area contributed by atoms with Crippen LogP contribution in [-0.4, -0.2) is 42.4 Å². The molecule has 1 N–H and O–H groups in total. The average Bonchev–Trinajstić information content (AvgIpc) is 3.50. The molecule has 0 bridgehead atoms. The van der Waals surface area contributed by atoms with Crippen LogP contribution in [0.25, 0.3) is 11.3 Å². The van der Waals surface area contributed by atoms with E-state index in [1.807, 2.05) is 49.4 Å². The summed E-state index contributed by atoms with van der Waals surface area (Å²) in [6.07, 6.45) is 0.487. The Morgan fingerprint density at radius 3 is 2.66 bits per heavy atom. The molecule has 1 unspecified atom stereocenters. The Kier molecular flexibility index (Phi) is 5.13.